The largest absolute Gasteiger partial charge is 0.416 e. The van der Waals surface area contributed by atoms with Crippen molar-refractivity contribution in [2.75, 3.05) is 19.0 Å². The standard InChI is InChI=1S/C16H16N4O3S/c1-20(2)13-7-3-11(4-8-13)15-18-19-16(23-15)12-5-9-14(10-6-12)24(17,21)22/h3-10H,1-2H3,(H2,17,21,22). The van der Waals surface area contributed by atoms with Crippen molar-refractivity contribution in [3.8, 4) is 22.9 Å². The Morgan fingerprint density at radius 1 is 0.875 bits per heavy atom. The topological polar surface area (TPSA) is 102 Å². The van der Waals surface area contributed by atoms with Crippen LogP contribution in [0.15, 0.2) is 57.8 Å². The van der Waals surface area contributed by atoms with Crippen molar-refractivity contribution in [3.05, 3.63) is 48.5 Å². The predicted octanol–water partition coefficient (Wildman–Crippen LogP) is 2.12. The average molecular weight is 344 g/mol. The molecule has 1 aromatic heterocycles. The maximum Gasteiger partial charge on any atom is 0.248 e. The summed E-state index contributed by atoms with van der Waals surface area (Å²) in [5.41, 5.74) is 2.49. The van der Waals surface area contributed by atoms with E-state index in [0.29, 0.717) is 17.3 Å². The summed E-state index contributed by atoms with van der Waals surface area (Å²) in [6.07, 6.45) is 0. The van der Waals surface area contributed by atoms with Crippen LogP contribution in [0.25, 0.3) is 22.9 Å². The molecule has 2 N–H and O–H groups in total. The van der Waals surface area contributed by atoms with Crippen LogP contribution in [0.1, 0.15) is 0 Å². The van der Waals surface area contributed by atoms with Crippen LogP contribution in [0, 0.1) is 0 Å². The van der Waals surface area contributed by atoms with Crippen molar-refractivity contribution in [2.24, 2.45) is 5.14 Å². The first kappa shape index (κ1) is 16.2. The summed E-state index contributed by atoms with van der Waals surface area (Å²) in [6.45, 7) is 0. The third kappa shape index (κ3) is 3.29. The second-order valence-electron chi connectivity index (χ2n) is 5.42. The lowest BCUT2D eigenvalue weighted by atomic mass is 10.2. The first-order chi connectivity index (χ1) is 11.3. The molecule has 7 nitrogen and oxygen atoms in total. The van der Waals surface area contributed by atoms with Crippen LogP contribution in [-0.4, -0.2) is 32.7 Å². The summed E-state index contributed by atoms with van der Waals surface area (Å²) >= 11 is 0. The molecule has 3 rings (SSSR count). The number of rotatable bonds is 4. The van der Waals surface area contributed by atoms with Crippen LogP contribution in [0.2, 0.25) is 0 Å². The minimum Gasteiger partial charge on any atom is -0.416 e. The molecule has 3 aromatic rings. The number of nitrogens with two attached hydrogens (primary N) is 1. The summed E-state index contributed by atoms with van der Waals surface area (Å²) in [5.74, 6) is 0.702. The van der Waals surface area contributed by atoms with E-state index in [1.54, 1.807) is 12.1 Å². The summed E-state index contributed by atoms with van der Waals surface area (Å²) < 4.78 is 28.2. The van der Waals surface area contributed by atoms with E-state index >= 15 is 0 Å². The highest BCUT2D eigenvalue weighted by Gasteiger charge is 2.12. The maximum absolute atomic E-state index is 11.3. The molecule has 0 amide bonds. The average Bonchev–Trinajstić information content (AvgIpc) is 3.04. The number of hydrogen-bond donors (Lipinski definition) is 1. The fourth-order valence-corrected chi connectivity index (χ4v) is 2.66. The molecule has 124 valence electrons. The van der Waals surface area contributed by atoms with Gasteiger partial charge in [-0.1, -0.05) is 0 Å². The molecule has 0 radical (unpaired) electrons. The smallest absolute Gasteiger partial charge is 0.248 e. The summed E-state index contributed by atoms with van der Waals surface area (Å²) in [5, 5.41) is 13.1. The molecule has 0 aliphatic rings. The quantitative estimate of drug-likeness (QED) is 0.778. The van der Waals surface area contributed by atoms with Crippen molar-refractivity contribution in [2.45, 2.75) is 4.90 Å². The number of primary sulfonamides is 1. The zero-order chi connectivity index (χ0) is 17.3. The first-order valence-electron chi connectivity index (χ1n) is 7.09. The highest BCUT2D eigenvalue weighted by molar-refractivity contribution is 7.89. The van der Waals surface area contributed by atoms with Gasteiger partial charge in [0.2, 0.25) is 21.8 Å². The number of anilines is 1. The van der Waals surface area contributed by atoms with Gasteiger partial charge < -0.3 is 9.32 Å². The van der Waals surface area contributed by atoms with E-state index in [-0.39, 0.29) is 4.90 Å². The van der Waals surface area contributed by atoms with Crippen molar-refractivity contribution in [1.29, 1.82) is 0 Å². The lowest BCUT2D eigenvalue weighted by Gasteiger charge is -2.11. The van der Waals surface area contributed by atoms with Gasteiger partial charge >= 0.3 is 0 Å². The molecule has 0 bridgehead atoms. The number of hydrogen-bond acceptors (Lipinski definition) is 6. The van der Waals surface area contributed by atoms with Gasteiger partial charge in [0.25, 0.3) is 0 Å². The number of nitrogens with zero attached hydrogens (tertiary/aromatic N) is 3. The Balaban J connectivity index is 1.87. The monoisotopic (exact) mass is 344 g/mol. The second-order valence-corrected chi connectivity index (χ2v) is 6.98. The van der Waals surface area contributed by atoms with Crippen LogP contribution >= 0.6 is 0 Å². The highest BCUT2D eigenvalue weighted by Crippen LogP contribution is 2.26. The molecule has 0 saturated carbocycles. The highest BCUT2D eigenvalue weighted by atomic mass is 32.2. The van der Waals surface area contributed by atoms with Crippen molar-refractivity contribution >= 4 is 15.7 Å². The molecule has 0 atom stereocenters. The van der Waals surface area contributed by atoms with Crippen LogP contribution < -0.4 is 10.0 Å². The number of benzene rings is 2. The molecule has 0 saturated heterocycles. The third-order valence-electron chi connectivity index (χ3n) is 3.49. The molecule has 8 heteroatoms. The van der Waals surface area contributed by atoms with Gasteiger partial charge in [-0.3, -0.25) is 0 Å². The van der Waals surface area contributed by atoms with Crippen molar-refractivity contribution < 1.29 is 12.8 Å². The first-order valence-corrected chi connectivity index (χ1v) is 8.64. The van der Waals surface area contributed by atoms with Crippen LogP contribution in [-0.2, 0) is 10.0 Å². The molecule has 1 heterocycles. The Bertz CT molecular complexity index is 946. The third-order valence-corrected chi connectivity index (χ3v) is 4.41. The molecule has 0 aliphatic heterocycles. The van der Waals surface area contributed by atoms with E-state index in [9.17, 15) is 8.42 Å². The van der Waals surface area contributed by atoms with E-state index < -0.39 is 10.0 Å². The Morgan fingerprint density at radius 2 is 1.33 bits per heavy atom. The zero-order valence-corrected chi connectivity index (χ0v) is 14.0. The summed E-state index contributed by atoms with van der Waals surface area (Å²) in [6, 6.07) is 13.7. The number of sulfonamides is 1. The Kier molecular flexibility index (Phi) is 4.08. The van der Waals surface area contributed by atoms with E-state index in [0.717, 1.165) is 11.3 Å². The van der Waals surface area contributed by atoms with Crippen molar-refractivity contribution in [1.82, 2.24) is 10.2 Å². The molecule has 24 heavy (non-hydrogen) atoms. The summed E-state index contributed by atoms with van der Waals surface area (Å²) in [4.78, 5) is 2.03. The predicted molar refractivity (Wildman–Crippen MR) is 90.9 cm³/mol. The fraction of sp³-hybridized carbons (Fsp3) is 0.125. The van der Waals surface area contributed by atoms with Crippen molar-refractivity contribution in [3.63, 3.8) is 0 Å². The molecule has 0 fully saturated rings. The van der Waals surface area contributed by atoms with Crippen LogP contribution in [0.4, 0.5) is 5.69 Å². The Morgan fingerprint density at radius 3 is 1.75 bits per heavy atom. The molecular weight excluding hydrogens is 328 g/mol. The van der Waals surface area contributed by atoms with Gasteiger partial charge in [0.05, 0.1) is 4.90 Å². The van der Waals surface area contributed by atoms with Crippen LogP contribution in [0.5, 0.6) is 0 Å². The van der Waals surface area contributed by atoms with Crippen LogP contribution in [0.3, 0.4) is 0 Å². The van der Waals surface area contributed by atoms with Gasteiger partial charge in [-0.2, -0.15) is 0 Å². The second kappa shape index (κ2) is 6.06. The van der Waals surface area contributed by atoms with Gasteiger partial charge in [-0.25, -0.2) is 13.6 Å². The SMILES string of the molecule is CN(C)c1ccc(-c2nnc(-c3ccc(S(N)(=O)=O)cc3)o2)cc1. The van der Waals surface area contributed by atoms with E-state index in [1.807, 2.05) is 43.3 Å². The minimum absolute atomic E-state index is 0.0327. The molecule has 0 spiro atoms. The van der Waals surface area contributed by atoms with E-state index in [2.05, 4.69) is 10.2 Å². The normalized spacial score (nSPS) is 11.5. The van der Waals surface area contributed by atoms with E-state index in [1.165, 1.54) is 12.1 Å². The molecule has 2 aromatic carbocycles. The van der Waals surface area contributed by atoms with Gasteiger partial charge in [0, 0.05) is 30.9 Å². The van der Waals surface area contributed by atoms with Gasteiger partial charge in [-0.05, 0) is 48.5 Å². The Labute approximate surface area is 139 Å². The molecule has 0 aliphatic carbocycles. The summed E-state index contributed by atoms with van der Waals surface area (Å²) in [7, 11) is 0.205. The van der Waals surface area contributed by atoms with Gasteiger partial charge in [0.15, 0.2) is 0 Å². The minimum atomic E-state index is -3.72. The fourth-order valence-electron chi connectivity index (χ4n) is 2.15. The van der Waals surface area contributed by atoms with Gasteiger partial charge in [0.1, 0.15) is 0 Å². The zero-order valence-electron chi connectivity index (χ0n) is 13.2. The molecular formula is C16H16N4O3S. The number of aromatic nitrogens is 2. The van der Waals surface area contributed by atoms with E-state index in [4.69, 9.17) is 9.56 Å². The van der Waals surface area contributed by atoms with Gasteiger partial charge in [-0.15, -0.1) is 10.2 Å². The Hall–Kier alpha value is -2.71. The maximum atomic E-state index is 11.3. The lowest BCUT2D eigenvalue weighted by molar-refractivity contribution is 0.584. The molecule has 0 unspecified atom stereocenters. The lowest BCUT2D eigenvalue weighted by Crippen LogP contribution is -2.11.